The number of para-hydroxylation sites is 1. The fourth-order valence-electron chi connectivity index (χ4n) is 2.39. The van der Waals surface area contributed by atoms with Crippen molar-refractivity contribution in [2.75, 3.05) is 0 Å². The van der Waals surface area contributed by atoms with Crippen LogP contribution in [-0.4, -0.2) is 11.5 Å². The maximum atomic E-state index is 6.17. The summed E-state index contributed by atoms with van der Waals surface area (Å²) in [7, 11) is 0. The minimum Gasteiger partial charge on any atom is -0.491 e. The van der Waals surface area contributed by atoms with Crippen LogP contribution in [0.3, 0.4) is 0 Å². The highest BCUT2D eigenvalue weighted by Gasteiger charge is 2.26. The molecule has 1 aromatic carbocycles. The van der Waals surface area contributed by atoms with E-state index in [1.165, 1.54) is 12.0 Å². The van der Waals surface area contributed by atoms with Crippen LogP contribution in [0.4, 0.5) is 0 Å². The van der Waals surface area contributed by atoms with E-state index in [1.54, 1.807) is 0 Å². The minimum absolute atomic E-state index is 0.231. The molecule has 2 unspecified atom stereocenters. The number of rotatable bonds is 3. The van der Waals surface area contributed by atoms with E-state index < -0.39 is 0 Å². The van der Waals surface area contributed by atoms with Gasteiger partial charge in [-0.15, -0.1) is 11.6 Å². The van der Waals surface area contributed by atoms with E-state index in [1.807, 2.05) is 6.07 Å². The van der Waals surface area contributed by atoms with Gasteiger partial charge in [0.05, 0.1) is 6.10 Å². The van der Waals surface area contributed by atoms with Crippen LogP contribution in [0, 0.1) is 0 Å². The average molecular weight is 239 g/mol. The highest BCUT2D eigenvalue weighted by molar-refractivity contribution is 6.20. The Morgan fingerprint density at radius 2 is 2.00 bits per heavy atom. The third kappa shape index (κ3) is 2.70. The molecule has 0 saturated heterocycles. The molecule has 2 rings (SSSR count). The summed E-state index contributed by atoms with van der Waals surface area (Å²) in [6, 6.07) is 8.37. The highest BCUT2D eigenvalue weighted by atomic mass is 35.5. The summed E-state index contributed by atoms with van der Waals surface area (Å²) in [5.74, 6) is 1.62. The Bertz CT molecular complexity index is 348. The average Bonchev–Trinajstić information content (AvgIpc) is 2.65. The van der Waals surface area contributed by atoms with Crippen molar-refractivity contribution in [3.8, 4) is 5.75 Å². The first-order chi connectivity index (χ1) is 7.66. The topological polar surface area (TPSA) is 9.23 Å². The van der Waals surface area contributed by atoms with E-state index in [-0.39, 0.29) is 6.10 Å². The SMILES string of the molecule is CC(C)Oc1ccccc1C1CCC(Cl)C1. The van der Waals surface area contributed by atoms with Gasteiger partial charge in [0.25, 0.3) is 0 Å². The van der Waals surface area contributed by atoms with Crippen molar-refractivity contribution in [2.45, 2.75) is 50.5 Å². The molecule has 88 valence electrons. The zero-order valence-corrected chi connectivity index (χ0v) is 10.7. The molecule has 0 amide bonds. The summed E-state index contributed by atoms with van der Waals surface area (Å²) >= 11 is 6.17. The molecule has 0 aromatic heterocycles. The van der Waals surface area contributed by atoms with Crippen molar-refractivity contribution < 1.29 is 4.74 Å². The molecular formula is C14H19ClO. The summed E-state index contributed by atoms with van der Waals surface area (Å²) in [4.78, 5) is 0. The molecule has 0 aliphatic heterocycles. The molecule has 2 atom stereocenters. The third-order valence-corrected chi connectivity index (χ3v) is 3.49. The van der Waals surface area contributed by atoms with Crippen molar-refractivity contribution in [3.63, 3.8) is 0 Å². The molecule has 1 saturated carbocycles. The number of hydrogen-bond acceptors (Lipinski definition) is 1. The molecule has 16 heavy (non-hydrogen) atoms. The molecule has 1 aliphatic carbocycles. The maximum absolute atomic E-state index is 6.17. The summed E-state index contributed by atoms with van der Waals surface area (Å²) < 4.78 is 5.85. The fourth-order valence-corrected chi connectivity index (χ4v) is 2.73. The van der Waals surface area contributed by atoms with Crippen molar-refractivity contribution >= 4 is 11.6 Å². The van der Waals surface area contributed by atoms with Gasteiger partial charge in [0, 0.05) is 5.38 Å². The zero-order chi connectivity index (χ0) is 11.5. The van der Waals surface area contributed by atoms with Gasteiger partial charge in [-0.2, -0.15) is 0 Å². The molecule has 0 spiro atoms. The summed E-state index contributed by atoms with van der Waals surface area (Å²) in [5.41, 5.74) is 1.33. The Balaban J connectivity index is 2.19. The standard InChI is InChI=1S/C14H19ClO/c1-10(2)16-14-6-4-3-5-13(14)11-7-8-12(15)9-11/h3-6,10-12H,7-9H2,1-2H3. The van der Waals surface area contributed by atoms with Crippen LogP contribution in [-0.2, 0) is 0 Å². The van der Waals surface area contributed by atoms with Gasteiger partial charge in [0.2, 0.25) is 0 Å². The molecule has 0 radical (unpaired) electrons. The number of halogens is 1. The molecular weight excluding hydrogens is 220 g/mol. The molecule has 0 bridgehead atoms. The lowest BCUT2D eigenvalue weighted by molar-refractivity contribution is 0.238. The van der Waals surface area contributed by atoms with E-state index in [4.69, 9.17) is 16.3 Å². The lowest BCUT2D eigenvalue weighted by Crippen LogP contribution is -2.08. The second-order valence-corrected chi connectivity index (χ2v) is 5.43. The highest BCUT2D eigenvalue weighted by Crippen LogP contribution is 2.40. The normalized spacial score (nSPS) is 25.0. The van der Waals surface area contributed by atoms with Crippen LogP contribution < -0.4 is 4.74 Å². The fraction of sp³-hybridized carbons (Fsp3) is 0.571. The zero-order valence-electron chi connectivity index (χ0n) is 9.95. The van der Waals surface area contributed by atoms with Gasteiger partial charge >= 0.3 is 0 Å². The molecule has 1 aliphatic rings. The van der Waals surface area contributed by atoms with Crippen LogP contribution in [0.15, 0.2) is 24.3 Å². The molecule has 1 aromatic rings. The van der Waals surface area contributed by atoms with Crippen molar-refractivity contribution in [1.82, 2.24) is 0 Å². The quantitative estimate of drug-likeness (QED) is 0.712. The Labute approximate surface area is 103 Å². The molecule has 1 fully saturated rings. The van der Waals surface area contributed by atoms with Crippen LogP contribution in [0.25, 0.3) is 0 Å². The maximum Gasteiger partial charge on any atom is 0.123 e. The summed E-state index contributed by atoms with van der Waals surface area (Å²) in [6.45, 7) is 4.13. The lowest BCUT2D eigenvalue weighted by atomic mass is 9.97. The second kappa shape index (κ2) is 5.09. The predicted octanol–water partition coefficient (Wildman–Crippen LogP) is 4.35. The monoisotopic (exact) mass is 238 g/mol. The van der Waals surface area contributed by atoms with Crippen LogP contribution in [0.1, 0.15) is 44.6 Å². The van der Waals surface area contributed by atoms with Gasteiger partial charge in [-0.1, -0.05) is 18.2 Å². The number of hydrogen-bond donors (Lipinski definition) is 0. The first-order valence-corrected chi connectivity index (χ1v) is 6.50. The van der Waals surface area contributed by atoms with E-state index >= 15 is 0 Å². The van der Waals surface area contributed by atoms with Gasteiger partial charge in [0.15, 0.2) is 0 Å². The Kier molecular flexibility index (Phi) is 3.75. The van der Waals surface area contributed by atoms with E-state index in [9.17, 15) is 0 Å². The van der Waals surface area contributed by atoms with Crippen LogP contribution in [0.5, 0.6) is 5.75 Å². The van der Waals surface area contributed by atoms with Gasteiger partial charge in [-0.3, -0.25) is 0 Å². The first-order valence-electron chi connectivity index (χ1n) is 6.06. The number of alkyl halides is 1. The Hall–Kier alpha value is -0.690. The van der Waals surface area contributed by atoms with Crippen molar-refractivity contribution in [3.05, 3.63) is 29.8 Å². The molecule has 0 N–H and O–H groups in total. The predicted molar refractivity (Wildman–Crippen MR) is 68.4 cm³/mol. The lowest BCUT2D eigenvalue weighted by Gasteiger charge is -2.18. The van der Waals surface area contributed by atoms with Gasteiger partial charge in [-0.05, 0) is 50.7 Å². The van der Waals surface area contributed by atoms with E-state index in [2.05, 4.69) is 32.0 Å². The minimum atomic E-state index is 0.231. The van der Waals surface area contributed by atoms with E-state index in [0.717, 1.165) is 18.6 Å². The van der Waals surface area contributed by atoms with Gasteiger partial charge in [-0.25, -0.2) is 0 Å². The summed E-state index contributed by atoms with van der Waals surface area (Å²) in [5, 5.41) is 0.345. The second-order valence-electron chi connectivity index (χ2n) is 4.81. The number of benzene rings is 1. The largest absolute Gasteiger partial charge is 0.491 e. The van der Waals surface area contributed by atoms with Gasteiger partial charge < -0.3 is 4.74 Å². The number of ether oxygens (including phenoxy) is 1. The molecule has 1 nitrogen and oxygen atoms in total. The smallest absolute Gasteiger partial charge is 0.123 e. The molecule has 0 heterocycles. The van der Waals surface area contributed by atoms with Crippen molar-refractivity contribution in [1.29, 1.82) is 0 Å². The van der Waals surface area contributed by atoms with Gasteiger partial charge in [0.1, 0.15) is 5.75 Å². The van der Waals surface area contributed by atoms with Crippen LogP contribution >= 0.6 is 11.6 Å². The van der Waals surface area contributed by atoms with Crippen LogP contribution in [0.2, 0.25) is 0 Å². The van der Waals surface area contributed by atoms with E-state index in [0.29, 0.717) is 11.3 Å². The Morgan fingerprint density at radius 1 is 1.25 bits per heavy atom. The third-order valence-electron chi connectivity index (χ3n) is 3.09. The molecule has 2 heteroatoms. The summed E-state index contributed by atoms with van der Waals surface area (Å²) in [6.07, 6.45) is 3.63. The van der Waals surface area contributed by atoms with Crippen molar-refractivity contribution in [2.24, 2.45) is 0 Å². The first kappa shape index (κ1) is 11.8. The Morgan fingerprint density at radius 3 is 2.62 bits per heavy atom.